The van der Waals surface area contributed by atoms with Crippen LogP contribution in [0.25, 0.3) is 0 Å². The second-order valence-electron chi connectivity index (χ2n) is 3.26. The van der Waals surface area contributed by atoms with E-state index in [9.17, 15) is 10.2 Å². The van der Waals surface area contributed by atoms with Gasteiger partial charge in [-0.2, -0.15) is 0 Å². The number of aromatic nitrogens is 3. The number of aliphatic hydroxyl groups excluding tert-OH is 3. The monoisotopic (exact) mass is 213 g/mol. The summed E-state index contributed by atoms with van der Waals surface area (Å²) in [4.78, 5) is 11.3. The van der Waals surface area contributed by atoms with Crippen LogP contribution in [-0.2, 0) is 4.74 Å². The van der Waals surface area contributed by atoms with Gasteiger partial charge in [-0.15, -0.1) is 0 Å². The zero-order valence-electron chi connectivity index (χ0n) is 7.76. The minimum absolute atomic E-state index is 0.243. The maximum atomic E-state index is 9.63. The van der Waals surface area contributed by atoms with Crippen molar-refractivity contribution < 1.29 is 20.1 Å². The summed E-state index contributed by atoms with van der Waals surface area (Å²) in [6, 6.07) is 0. The summed E-state index contributed by atoms with van der Waals surface area (Å²) in [5.74, 6) is 0.243. The largest absolute Gasteiger partial charge is 0.394 e. The molecule has 15 heavy (non-hydrogen) atoms. The summed E-state index contributed by atoms with van der Waals surface area (Å²) in [6.07, 6.45) is -1.34. The van der Waals surface area contributed by atoms with Crippen molar-refractivity contribution in [2.75, 3.05) is 6.61 Å². The molecule has 82 valence electrons. The molecule has 3 N–H and O–H groups in total. The Bertz CT molecular complexity index is 323. The molecule has 1 saturated heterocycles. The lowest BCUT2D eigenvalue weighted by Gasteiger charge is -2.11. The topological polar surface area (TPSA) is 109 Å². The van der Waals surface area contributed by atoms with Crippen molar-refractivity contribution >= 4 is 0 Å². The predicted molar refractivity (Wildman–Crippen MR) is 46.5 cm³/mol. The van der Waals surface area contributed by atoms with Crippen LogP contribution in [0.2, 0.25) is 0 Å². The second-order valence-corrected chi connectivity index (χ2v) is 3.26. The van der Waals surface area contributed by atoms with E-state index in [4.69, 9.17) is 9.84 Å². The third-order valence-electron chi connectivity index (χ3n) is 2.31. The minimum atomic E-state index is -1.13. The molecule has 1 fully saturated rings. The lowest BCUT2D eigenvalue weighted by atomic mass is 10.1. The minimum Gasteiger partial charge on any atom is -0.394 e. The molecule has 0 unspecified atom stereocenters. The number of ether oxygens (including phenoxy) is 1. The van der Waals surface area contributed by atoms with E-state index in [0.29, 0.717) is 0 Å². The summed E-state index contributed by atoms with van der Waals surface area (Å²) >= 11 is 0. The van der Waals surface area contributed by atoms with E-state index >= 15 is 0 Å². The summed E-state index contributed by atoms with van der Waals surface area (Å²) < 4.78 is 5.22. The molecule has 2 heterocycles. The first kappa shape index (κ1) is 10.4. The molecule has 7 nitrogen and oxygen atoms in total. The Kier molecular flexibility index (Phi) is 2.87. The molecule has 1 aliphatic heterocycles. The molecule has 1 aromatic heterocycles. The third kappa shape index (κ3) is 1.82. The molecule has 0 aromatic carbocycles. The van der Waals surface area contributed by atoms with Gasteiger partial charge in [-0.3, -0.25) is 0 Å². The molecule has 7 heteroatoms. The first-order valence-corrected chi connectivity index (χ1v) is 4.48. The third-order valence-corrected chi connectivity index (χ3v) is 2.31. The molecule has 0 spiro atoms. The van der Waals surface area contributed by atoms with E-state index < -0.39 is 24.4 Å². The molecular formula is C8H11N3O4. The fourth-order valence-electron chi connectivity index (χ4n) is 1.51. The van der Waals surface area contributed by atoms with Gasteiger partial charge in [0.25, 0.3) is 0 Å². The molecule has 0 bridgehead atoms. The fraction of sp³-hybridized carbons (Fsp3) is 0.625. The van der Waals surface area contributed by atoms with Crippen LogP contribution < -0.4 is 0 Å². The number of hydrogen-bond donors (Lipinski definition) is 3. The lowest BCUT2D eigenvalue weighted by Crippen LogP contribution is -2.32. The summed E-state index contributed by atoms with van der Waals surface area (Å²) in [7, 11) is 0. The molecule has 0 saturated carbocycles. The fourth-order valence-corrected chi connectivity index (χ4v) is 1.51. The van der Waals surface area contributed by atoms with Crippen molar-refractivity contribution in [2.24, 2.45) is 0 Å². The Morgan fingerprint density at radius 1 is 1.20 bits per heavy atom. The van der Waals surface area contributed by atoms with Gasteiger partial charge in [-0.1, -0.05) is 0 Å². The maximum absolute atomic E-state index is 9.63. The molecular weight excluding hydrogens is 202 g/mol. The van der Waals surface area contributed by atoms with Gasteiger partial charge < -0.3 is 20.1 Å². The van der Waals surface area contributed by atoms with Crippen LogP contribution in [0.5, 0.6) is 0 Å². The molecule has 1 aliphatic rings. The summed E-state index contributed by atoms with van der Waals surface area (Å²) in [6.45, 7) is -0.361. The van der Waals surface area contributed by atoms with Crippen LogP contribution >= 0.6 is 0 Å². The molecule has 0 amide bonds. The Labute approximate surface area is 85.4 Å². The first-order valence-electron chi connectivity index (χ1n) is 4.48. The van der Waals surface area contributed by atoms with Crippen molar-refractivity contribution in [2.45, 2.75) is 24.4 Å². The van der Waals surface area contributed by atoms with Gasteiger partial charge >= 0.3 is 0 Å². The van der Waals surface area contributed by atoms with Gasteiger partial charge in [0.1, 0.15) is 37.1 Å². The quantitative estimate of drug-likeness (QED) is 0.522. The van der Waals surface area contributed by atoms with Crippen molar-refractivity contribution in [1.82, 2.24) is 15.0 Å². The standard InChI is InChI=1S/C8H11N3O4/c12-1-4-5(13)6(14)7(15-4)8-10-2-9-3-11-8/h2-7,12-14H,1H2/t4-,5-,6-,7-/m1/s1. The van der Waals surface area contributed by atoms with E-state index in [-0.39, 0.29) is 12.4 Å². The highest BCUT2D eigenvalue weighted by Crippen LogP contribution is 2.30. The van der Waals surface area contributed by atoms with E-state index in [0.717, 1.165) is 0 Å². The second kappa shape index (κ2) is 4.15. The molecule has 4 atom stereocenters. The van der Waals surface area contributed by atoms with Crippen molar-refractivity contribution in [1.29, 1.82) is 0 Å². The Morgan fingerprint density at radius 3 is 2.40 bits per heavy atom. The average molecular weight is 213 g/mol. The van der Waals surface area contributed by atoms with E-state index in [1.807, 2.05) is 0 Å². The Morgan fingerprint density at radius 2 is 1.87 bits per heavy atom. The van der Waals surface area contributed by atoms with Crippen LogP contribution in [0.3, 0.4) is 0 Å². The highest BCUT2D eigenvalue weighted by atomic mass is 16.6. The molecule has 1 aromatic rings. The van der Waals surface area contributed by atoms with Gasteiger partial charge in [-0.25, -0.2) is 15.0 Å². The Balaban J connectivity index is 2.19. The SMILES string of the molecule is OC[C@H]1O[C@@H](c2ncncn2)[C@H](O)[C@@H]1O. The highest BCUT2D eigenvalue weighted by Gasteiger charge is 2.44. The highest BCUT2D eigenvalue weighted by molar-refractivity contribution is 5.01. The van der Waals surface area contributed by atoms with E-state index in [1.54, 1.807) is 0 Å². The van der Waals surface area contributed by atoms with Crippen LogP contribution in [0.1, 0.15) is 11.9 Å². The smallest absolute Gasteiger partial charge is 0.163 e. The van der Waals surface area contributed by atoms with Crippen molar-refractivity contribution in [3.63, 3.8) is 0 Å². The van der Waals surface area contributed by atoms with Crippen molar-refractivity contribution in [3.8, 4) is 0 Å². The van der Waals surface area contributed by atoms with Gasteiger partial charge in [0.05, 0.1) is 6.61 Å². The number of nitrogens with zero attached hydrogens (tertiary/aromatic N) is 3. The van der Waals surface area contributed by atoms with Gasteiger partial charge in [0.15, 0.2) is 5.82 Å². The molecule has 0 radical (unpaired) electrons. The zero-order chi connectivity index (χ0) is 10.8. The Hall–Kier alpha value is -1.15. The molecule has 0 aliphatic carbocycles. The summed E-state index contributed by atoms with van der Waals surface area (Å²) in [5, 5.41) is 28.0. The normalized spacial score (nSPS) is 35.7. The average Bonchev–Trinajstić information content (AvgIpc) is 2.57. The number of rotatable bonds is 2. The van der Waals surface area contributed by atoms with Crippen LogP contribution in [0, 0.1) is 0 Å². The summed E-state index contributed by atoms with van der Waals surface area (Å²) in [5.41, 5.74) is 0. The maximum Gasteiger partial charge on any atom is 0.163 e. The van der Waals surface area contributed by atoms with Gasteiger partial charge in [0.2, 0.25) is 0 Å². The number of hydrogen-bond acceptors (Lipinski definition) is 7. The van der Waals surface area contributed by atoms with Gasteiger partial charge in [-0.05, 0) is 0 Å². The van der Waals surface area contributed by atoms with E-state index in [1.165, 1.54) is 12.7 Å². The van der Waals surface area contributed by atoms with Crippen LogP contribution in [0.15, 0.2) is 12.7 Å². The lowest BCUT2D eigenvalue weighted by molar-refractivity contribution is -0.0253. The van der Waals surface area contributed by atoms with E-state index in [2.05, 4.69) is 15.0 Å². The predicted octanol–water partition coefficient (Wildman–Crippen LogP) is -1.97. The van der Waals surface area contributed by atoms with Crippen LogP contribution in [-0.4, -0.2) is 55.2 Å². The number of aliphatic hydroxyl groups is 3. The van der Waals surface area contributed by atoms with Crippen LogP contribution in [0.4, 0.5) is 0 Å². The molecule has 2 rings (SSSR count). The van der Waals surface area contributed by atoms with Gasteiger partial charge in [0, 0.05) is 0 Å². The van der Waals surface area contributed by atoms with Crippen molar-refractivity contribution in [3.05, 3.63) is 18.5 Å². The first-order chi connectivity index (χ1) is 7.24. The zero-order valence-corrected chi connectivity index (χ0v) is 7.76.